The van der Waals surface area contributed by atoms with Crippen LogP contribution in [0.15, 0.2) is 72.8 Å². The number of carbonyl (C=O) groups is 1. The Morgan fingerprint density at radius 3 is 1.88 bits per heavy atom. The van der Waals surface area contributed by atoms with Crippen molar-refractivity contribution in [1.82, 2.24) is 0 Å². The minimum Gasteiger partial charge on any atom is -0.343 e. The van der Waals surface area contributed by atoms with Gasteiger partial charge in [0.1, 0.15) is 0 Å². The molecule has 174 valence electrons. The number of anilines is 3. The van der Waals surface area contributed by atoms with Gasteiger partial charge < -0.3 is 10.2 Å². The van der Waals surface area contributed by atoms with Crippen LogP contribution in [0.25, 0.3) is 0 Å². The van der Waals surface area contributed by atoms with Gasteiger partial charge in [0, 0.05) is 12.7 Å². The van der Waals surface area contributed by atoms with E-state index in [2.05, 4.69) is 5.32 Å². The molecule has 1 N–H and O–H groups in total. The number of hydrogen-bond acceptors (Lipinski definition) is 2. The van der Waals surface area contributed by atoms with Gasteiger partial charge >= 0.3 is 12.4 Å². The second kappa shape index (κ2) is 9.17. The third-order valence-corrected chi connectivity index (χ3v) is 5.17. The van der Waals surface area contributed by atoms with Crippen LogP contribution in [0.5, 0.6) is 0 Å². The molecule has 0 aliphatic heterocycles. The van der Waals surface area contributed by atoms with Gasteiger partial charge in [-0.1, -0.05) is 30.3 Å². The van der Waals surface area contributed by atoms with E-state index in [0.29, 0.717) is 23.5 Å². The lowest BCUT2D eigenvalue weighted by Gasteiger charge is -2.24. The molecule has 33 heavy (non-hydrogen) atoms. The van der Waals surface area contributed by atoms with Gasteiger partial charge in [-0.2, -0.15) is 26.3 Å². The summed E-state index contributed by atoms with van der Waals surface area (Å²) in [5, 5.41) is 2.63. The molecule has 1 atom stereocenters. The summed E-state index contributed by atoms with van der Waals surface area (Å²) < 4.78 is 79.1. The second-order valence-electron chi connectivity index (χ2n) is 7.46. The molecular formula is C24H20F6N2O. The van der Waals surface area contributed by atoms with E-state index in [1.165, 1.54) is 6.92 Å². The first-order chi connectivity index (χ1) is 15.4. The van der Waals surface area contributed by atoms with Crippen LogP contribution in [-0.4, -0.2) is 13.0 Å². The molecule has 1 unspecified atom stereocenters. The molecule has 0 aliphatic carbocycles. The Morgan fingerprint density at radius 2 is 1.33 bits per heavy atom. The van der Waals surface area contributed by atoms with Crippen LogP contribution in [0.2, 0.25) is 0 Å². The Morgan fingerprint density at radius 1 is 0.818 bits per heavy atom. The van der Waals surface area contributed by atoms with Gasteiger partial charge in [-0.05, 0) is 55.0 Å². The van der Waals surface area contributed by atoms with E-state index in [-0.39, 0.29) is 11.6 Å². The largest absolute Gasteiger partial charge is 0.416 e. The van der Waals surface area contributed by atoms with Crippen LogP contribution in [0.1, 0.15) is 29.5 Å². The summed E-state index contributed by atoms with van der Waals surface area (Å²) in [6, 6.07) is 17.1. The smallest absolute Gasteiger partial charge is 0.343 e. The number of nitrogens with zero attached hydrogens (tertiary/aromatic N) is 1. The monoisotopic (exact) mass is 466 g/mol. The topological polar surface area (TPSA) is 32.3 Å². The fourth-order valence-electron chi connectivity index (χ4n) is 3.28. The first kappa shape index (κ1) is 24.2. The molecule has 1 amide bonds. The summed E-state index contributed by atoms with van der Waals surface area (Å²) in [6.07, 6.45) is -9.98. The van der Waals surface area contributed by atoms with Crippen LogP contribution in [-0.2, 0) is 17.1 Å². The highest BCUT2D eigenvalue weighted by molar-refractivity contribution is 5.98. The van der Waals surface area contributed by atoms with E-state index >= 15 is 0 Å². The van der Waals surface area contributed by atoms with Crippen molar-refractivity contribution in [3.63, 3.8) is 0 Å². The van der Waals surface area contributed by atoms with E-state index in [1.54, 1.807) is 36.2 Å². The van der Waals surface area contributed by atoms with Crippen LogP contribution in [0.4, 0.5) is 43.4 Å². The van der Waals surface area contributed by atoms with Crippen molar-refractivity contribution in [3.8, 4) is 0 Å². The van der Waals surface area contributed by atoms with Gasteiger partial charge in [0.05, 0.1) is 28.4 Å². The maximum Gasteiger partial charge on any atom is 0.416 e. The Balaban J connectivity index is 1.92. The lowest BCUT2D eigenvalue weighted by atomic mass is 9.95. The third kappa shape index (κ3) is 5.66. The quantitative estimate of drug-likeness (QED) is 0.402. The van der Waals surface area contributed by atoms with Crippen LogP contribution in [0.3, 0.4) is 0 Å². The zero-order chi connectivity index (χ0) is 24.4. The minimum absolute atomic E-state index is 0.0399. The van der Waals surface area contributed by atoms with Gasteiger partial charge in [-0.15, -0.1) is 0 Å². The maximum absolute atomic E-state index is 13.2. The van der Waals surface area contributed by atoms with E-state index in [1.807, 2.05) is 30.3 Å². The van der Waals surface area contributed by atoms with E-state index in [4.69, 9.17) is 0 Å². The standard InChI is InChI=1S/C24H20F6N2O/c1-15(16-12-17(23(25,26)27)14-18(13-16)24(28,29)30)22(33)31-20-10-6-7-11-21(20)32(2)19-8-4-3-5-9-19/h3-15H,1-2H3,(H,31,33). The Kier molecular flexibility index (Phi) is 6.71. The van der Waals surface area contributed by atoms with Crippen LogP contribution < -0.4 is 10.2 Å². The average molecular weight is 466 g/mol. The molecule has 3 nitrogen and oxygen atoms in total. The van der Waals surface area contributed by atoms with Crippen molar-refractivity contribution in [1.29, 1.82) is 0 Å². The minimum atomic E-state index is -4.99. The highest BCUT2D eigenvalue weighted by Crippen LogP contribution is 2.38. The fraction of sp³-hybridized carbons (Fsp3) is 0.208. The molecule has 0 fully saturated rings. The Bertz CT molecular complexity index is 1090. The van der Waals surface area contributed by atoms with Crippen molar-refractivity contribution >= 4 is 23.0 Å². The summed E-state index contributed by atoms with van der Waals surface area (Å²) >= 11 is 0. The number of halogens is 6. The van der Waals surface area contributed by atoms with Crippen LogP contribution >= 0.6 is 0 Å². The number of rotatable bonds is 5. The van der Waals surface area contributed by atoms with Crippen molar-refractivity contribution in [2.24, 2.45) is 0 Å². The molecular weight excluding hydrogens is 446 g/mol. The number of carbonyl (C=O) groups excluding carboxylic acids is 1. The third-order valence-electron chi connectivity index (χ3n) is 5.17. The Hall–Kier alpha value is -3.49. The van der Waals surface area contributed by atoms with Gasteiger partial charge in [-0.25, -0.2) is 0 Å². The molecule has 0 bridgehead atoms. The lowest BCUT2D eigenvalue weighted by Crippen LogP contribution is -2.22. The first-order valence-corrected chi connectivity index (χ1v) is 9.86. The van der Waals surface area contributed by atoms with Gasteiger partial charge in [0.15, 0.2) is 0 Å². The molecule has 3 rings (SSSR count). The molecule has 3 aromatic carbocycles. The number of alkyl halides is 6. The normalized spacial score (nSPS) is 12.8. The van der Waals surface area contributed by atoms with E-state index in [9.17, 15) is 31.1 Å². The van der Waals surface area contributed by atoms with Crippen molar-refractivity contribution < 1.29 is 31.1 Å². The highest BCUT2D eigenvalue weighted by atomic mass is 19.4. The van der Waals surface area contributed by atoms with Crippen molar-refractivity contribution in [2.45, 2.75) is 25.2 Å². The highest BCUT2D eigenvalue weighted by Gasteiger charge is 2.37. The van der Waals surface area contributed by atoms with Crippen molar-refractivity contribution in [2.75, 3.05) is 17.3 Å². The van der Waals surface area contributed by atoms with Gasteiger partial charge in [0.25, 0.3) is 0 Å². The molecule has 0 saturated carbocycles. The lowest BCUT2D eigenvalue weighted by molar-refractivity contribution is -0.143. The predicted octanol–water partition coefficient (Wildman–Crippen LogP) is 7.23. The predicted molar refractivity (Wildman–Crippen MR) is 114 cm³/mol. The summed E-state index contributed by atoms with van der Waals surface area (Å²) in [4.78, 5) is 14.7. The van der Waals surface area contributed by atoms with E-state index < -0.39 is 35.3 Å². The molecule has 9 heteroatoms. The zero-order valence-electron chi connectivity index (χ0n) is 17.6. The van der Waals surface area contributed by atoms with Crippen molar-refractivity contribution in [3.05, 3.63) is 89.5 Å². The maximum atomic E-state index is 13.2. The molecule has 0 aliphatic rings. The number of amides is 1. The number of para-hydroxylation sites is 3. The zero-order valence-corrected chi connectivity index (χ0v) is 17.6. The summed E-state index contributed by atoms with van der Waals surface area (Å²) in [5.41, 5.74) is -1.52. The molecule has 0 heterocycles. The SMILES string of the molecule is CC(C(=O)Nc1ccccc1N(C)c1ccccc1)c1cc(C(F)(F)F)cc(C(F)(F)F)c1. The summed E-state index contributed by atoms with van der Waals surface area (Å²) in [5.74, 6) is -2.01. The molecule has 0 radical (unpaired) electrons. The average Bonchev–Trinajstić information content (AvgIpc) is 2.77. The molecule has 0 spiro atoms. The molecule has 0 aromatic heterocycles. The summed E-state index contributed by atoms with van der Waals surface area (Å²) in [6.45, 7) is 1.26. The number of nitrogens with one attached hydrogen (secondary N) is 1. The van der Waals surface area contributed by atoms with Crippen LogP contribution in [0, 0.1) is 0 Å². The number of benzene rings is 3. The fourth-order valence-corrected chi connectivity index (χ4v) is 3.28. The summed E-state index contributed by atoms with van der Waals surface area (Å²) in [7, 11) is 1.77. The second-order valence-corrected chi connectivity index (χ2v) is 7.46. The Labute approximate surface area is 186 Å². The number of hydrogen-bond donors (Lipinski definition) is 1. The van der Waals surface area contributed by atoms with E-state index in [0.717, 1.165) is 5.69 Å². The first-order valence-electron chi connectivity index (χ1n) is 9.86. The van der Waals surface area contributed by atoms with Gasteiger partial charge in [0.2, 0.25) is 5.91 Å². The van der Waals surface area contributed by atoms with Gasteiger partial charge in [-0.3, -0.25) is 4.79 Å². The molecule has 3 aromatic rings. The molecule has 0 saturated heterocycles.